The van der Waals surface area contributed by atoms with Crippen LogP contribution in [0.25, 0.3) is 11.3 Å². The maximum Gasteiger partial charge on any atom is 1.00 e. The summed E-state index contributed by atoms with van der Waals surface area (Å²) >= 11 is 6.00. The van der Waals surface area contributed by atoms with Gasteiger partial charge in [-0.15, -0.1) is 0 Å². The molecule has 1 amide bonds. The second-order valence-electron chi connectivity index (χ2n) is 12.0. The molecule has 0 radical (unpaired) electrons. The van der Waals surface area contributed by atoms with Gasteiger partial charge in [-0.2, -0.15) is 0 Å². The summed E-state index contributed by atoms with van der Waals surface area (Å²) in [5.41, 5.74) is 5.17. The summed E-state index contributed by atoms with van der Waals surface area (Å²) in [5.74, 6) is 0.643. The van der Waals surface area contributed by atoms with Crippen molar-refractivity contribution in [3.8, 4) is 22.8 Å². The Morgan fingerprint density at radius 2 is 1.62 bits per heavy atom. The first-order chi connectivity index (χ1) is 21.8. The van der Waals surface area contributed by atoms with Gasteiger partial charge in [-0.1, -0.05) is 86.1 Å². The van der Waals surface area contributed by atoms with E-state index in [9.17, 15) is 17.8 Å². The Bertz CT molecular complexity index is 1900. The van der Waals surface area contributed by atoms with E-state index < -0.39 is 21.8 Å². The van der Waals surface area contributed by atoms with E-state index in [-0.39, 0.29) is 47.4 Å². The molecule has 1 unspecified atom stereocenters. The van der Waals surface area contributed by atoms with Crippen molar-refractivity contribution in [2.45, 2.75) is 38.5 Å². The minimum Gasteiger partial charge on any atom is -0.748 e. The van der Waals surface area contributed by atoms with Gasteiger partial charge in [0, 0.05) is 34.7 Å². The van der Waals surface area contributed by atoms with Gasteiger partial charge in [-0.05, 0) is 77.1 Å². The molecule has 1 heterocycles. The second-order valence-corrected chi connectivity index (χ2v) is 14.0. The number of benzene rings is 4. The van der Waals surface area contributed by atoms with Gasteiger partial charge < -0.3 is 19.1 Å². The van der Waals surface area contributed by atoms with Crippen LogP contribution in [0.5, 0.6) is 11.5 Å². The van der Waals surface area contributed by atoms with Gasteiger partial charge in [0.05, 0.1) is 21.6 Å². The molecule has 238 valence electrons. The fourth-order valence-electron chi connectivity index (χ4n) is 4.97. The summed E-state index contributed by atoms with van der Waals surface area (Å²) in [4.78, 5) is 12.5. The molecule has 0 aliphatic heterocycles. The van der Waals surface area contributed by atoms with Gasteiger partial charge >= 0.3 is 29.6 Å². The van der Waals surface area contributed by atoms with Crippen molar-refractivity contribution in [1.29, 1.82) is 0 Å². The zero-order valence-corrected chi connectivity index (χ0v) is 30.3. The Hall–Kier alpha value is -3.44. The zero-order valence-electron chi connectivity index (χ0n) is 26.7. The van der Waals surface area contributed by atoms with Crippen LogP contribution in [-0.2, 0) is 22.0 Å². The molecule has 0 fully saturated rings. The number of carbonyl (C=O) groups excluding carboxylic acids is 1. The molecular weight excluding hydrogens is 647 g/mol. The van der Waals surface area contributed by atoms with Crippen molar-refractivity contribution in [2.24, 2.45) is 0 Å². The number of amides is 1. The third-order valence-corrected chi connectivity index (χ3v) is 8.48. The van der Waals surface area contributed by atoms with Crippen LogP contribution in [-0.4, -0.2) is 36.3 Å². The second kappa shape index (κ2) is 15.6. The molecule has 47 heavy (non-hydrogen) atoms. The average Bonchev–Trinajstić information content (AvgIpc) is 3.51. The van der Waals surface area contributed by atoms with Crippen LogP contribution in [0.3, 0.4) is 0 Å². The summed E-state index contributed by atoms with van der Waals surface area (Å²) in [6.45, 7) is 6.27. The third kappa shape index (κ3) is 10.3. The van der Waals surface area contributed by atoms with Crippen LogP contribution >= 0.6 is 11.6 Å². The number of carbonyl (C=O) groups is 1. The first-order valence-electron chi connectivity index (χ1n) is 14.8. The van der Waals surface area contributed by atoms with E-state index in [0.29, 0.717) is 34.3 Å². The van der Waals surface area contributed by atoms with Crippen molar-refractivity contribution < 1.29 is 56.6 Å². The SMILES string of the molecule is CC(C)(C)c1ccc(C(Cc2ccc(C(=O)NCCS(=O)(=O)[O-])cc2)c2cc(-c3cccc(Oc4ccc(Cl)cc4)c3)on2)cc1.[Na+]. The van der Waals surface area contributed by atoms with Gasteiger partial charge in [0.2, 0.25) is 0 Å². The Labute approximate surface area is 302 Å². The first kappa shape index (κ1) is 36.4. The van der Waals surface area contributed by atoms with Crippen LogP contribution in [0.1, 0.15) is 59.4 Å². The molecule has 5 rings (SSSR count). The zero-order chi connectivity index (χ0) is 32.9. The molecule has 5 aromatic rings. The molecule has 0 saturated heterocycles. The molecular formula is C36H34ClN2NaO6S. The predicted molar refractivity (Wildman–Crippen MR) is 177 cm³/mol. The molecule has 0 spiro atoms. The molecule has 1 atom stereocenters. The number of nitrogens with one attached hydrogen (secondary N) is 1. The summed E-state index contributed by atoms with van der Waals surface area (Å²) in [6.07, 6.45) is 0.580. The first-order valence-corrected chi connectivity index (χ1v) is 16.7. The molecule has 8 nitrogen and oxygen atoms in total. The fourth-order valence-corrected chi connectivity index (χ4v) is 5.45. The van der Waals surface area contributed by atoms with E-state index in [2.05, 4.69) is 55.5 Å². The van der Waals surface area contributed by atoms with E-state index in [1.165, 1.54) is 5.56 Å². The van der Waals surface area contributed by atoms with Crippen molar-refractivity contribution >= 4 is 27.6 Å². The normalized spacial score (nSPS) is 12.2. The van der Waals surface area contributed by atoms with Gasteiger partial charge in [0.25, 0.3) is 5.91 Å². The molecule has 0 bridgehead atoms. The topological polar surface area (TPSA) is 122 Å². The van der Waals surface area contributed by atoms with Gasteiger partial charge in [-0.25, -0.2) is 8.42 Å². The predicted octanol–water partition coefficient (Wildman–Crippen LogP) is 4.74. The number of hydrogen-bond donors (Lipinski definition) is 1. The number of ether oxygens (including phenoxy) is 1. The number of halogens is 1. The fraction of sp³-hybridized carbons (Fsp3) is 0.222. The Morgan fingerprint density at radius 3 is 2.26 bits per heavy atom. The molecule has 1 N–H and O–H groups in total. The Morgan fingerprint density at radius 1 is 0.936 bits per heavy atom. The van der Waals surface area contributed by atoms with Crippen molar-refractivity contribution in [1.82, 2.24) is 10.5 Å². The number of nitrogens with zero attached hydrogens (tertiary/aromatic N) is 1. The molecule has 1 aromatic heterocycles. The molecule has 11 heteroatoms. The van der Waals surface area contributed by atoms with E-state index in [4.69, 9.17) is 20.9 Å². The van der Waals surface area contributed by atoms with E-state index in [0.717, 1.165) is 22.4 Å². The Kier molecular flexibility index (Phi) is 12.1. The maximum absolute atomic E-state index is 12.5. The van der Waals surface area contributed by atoms with Gasteiger partial charge in [0.15, 0.2) is 5.76 Å². The summed E-state index contributed by atoms with van der Waals surface area (Å²) in [7, 11) is -4.41. The number of aromatic nitrogens is 1. The van der Waals surface area contributed by atoms with Gasteiger partial charge in [-0.3, -0.25) is 4.79 Å². The third-order valence-electron chi connectivity index (χ3n) is 7.53. The van der Waals surface area contributed by atoms with Crippen LogP contribution in [0.4, 0.5) is 0 Å². The van der Waals surface area contributed by atoms with Crippen LogP contribution in [0.15, 0.2) is 108 Å². The standard InChI is InChI=1S/C36H35ClN2O6S.Na/c1-36(2,3)28-13-11-25(12-14-28)32(21-24-7-9-26(10-8-24)35(40)38-19-20-46(41,42)43)33-23-34(45-39-33)27-5-4-6-31(22-27)44-30-17-15-29(37)16-18-30;/h4-18,22-23,32H,19-21H2,1-3H3,(H,38,40)(H,41,42,43);/q;+1/p-1. The average molecular weight is 681 g/mol. The number of rotatable bonds is 11. The van der Waals surface area contributed by atoms with E-state index in [1.54, 1.807) is 36.4 Å². The van der Waals surface area contributed by atoms with Crippen LogP contribution < -0.4 is 39.6 Å². The summed E-state index contributed by atoms with van der Waals surface area (Å²) in [6, 6.07) is 32.2. The minimum absolute atomic E-state index is 0. The minimum atomic E-state index is -4.41. The molecule has 0 saturated carbocycles. The quantitative estimate of drug-likeness (QED) is 0.158. The molecule has 4 aromatic carbocycles. The maximum atomic E-state index is 12.5. The number of hydrogen-bond acceptors (Lipinski definition) is 7. The summed E-state index contributed by atoms with van der Waals surface area (Å²) in [5, 5.41) is 7.59. The van der Waals surface area contributed by atoms with Crippen molar-refractivity contribution in [2.75, 3.05) is 12.3 Å². The largest absolute Gasteiger partial charge is 1.00 e. The van der Waals surface area contributed by atoms with Crippen LogP contribution in [0, 0.1) is 0 Å². The molecule has 0 aliphatic rings. The van der Waals surface area contributed by atoms with Gasteiger partial charge in [0.1, 0.15) is 11.5 Å². The van der Waals surface area contributed by atoms with Crippen LogP contribution in [0.2, 0.25) is 5.02 Å². The van der Waals surface area contributed by atoms with E-state index in [1.807, 2.05) is 42.5 Å². The summed E-state index contributed by atoms with van der Waals surface area (Å²) < 4.78 is 44.4. The Balaban J connectivity index is 0.00000500. The van der Waals surface area contributed by atoms with E-state index >= 15 is 0 Å². The smallest absolute Gasteiger partial charge is 0.748 e. The molecule has 0 aliphatic carbocycles. The monoisotopic (exact) mass is 680 g/mol. The van der Waals surface area contributed by atoms with Crippen molar-refractivity contribution in [3.05, 3.63) is 136 Å². The van der Waals surface area contributed by atoms with Crippen molar-refractivity contribution in [3.63, 3.8) is 0 Å².